The number of hydrogen-bond acceptors (Lipinski definition) is 4. The monoisotopic (exact) mass is 350 g/mol. The first-order valence-electron chi connectivity index (χ1n) is 7.54. The fraction of sp³-hybridized carbons (Fsp3) is 0.625. The van der Waals surface area contributed by atoms with Crippen LogP contribution in [0.5, 0.6) is 11.5 Å². The third-order valence-corrected chi connectivity index (χ3v) is 3.92. The Bertz CT molecular complexity index is 418. The molecule has 0 aromatic heterocycles. The highest BCUT2D eigenvalue weighted by Gasteiger charge is 2.23. The first-order chi connectivity index (χ1) is 9.56. The molecule has 0 bridgehead atoms. The van der Waals surface area contributed by atoms with E-state index >= 15 is 0 Å². The molecular formula is C16H28Cl2N2O2. The van der Waals surface area contributed by atoms with Crippen LogP contribution in [0.4, 0.5) is 0 Å². The van der Waals surface area contributed by atoms with Gasteiger partial charge in [0, 0.05) is 38.3 Å². The first kappa shape index (κ1) is 21.3. The molecule has 3 N–H and O–H groups in total. The third-order valence-electron chi connectivity index (χ3n) is 3.92. The Labute approximate surface area is 145 Å². The number of nitrogens with zero attached hydrogens (tertiary/aromatic N) is 1. The number of piperazine rings is 1. The van der Waals surface area contributed by atoms with Crippen molar-refractivity contribution in [3.05, 3.63) is 23.8 Å². The summed E-state index contributed by atoms with van der Waals surface area (Å²) in [4.78, 5) is 2.45. The summed E-state index contributed by atoms with van der Waals surface area (Å²) in [5.74, 6) is 0.945. The second kappa shape index (κ2) is 10.2. The van der Waals surface area contributed by atoms with E-state index < -0.39 is 0 Å². The number of rotatable bonds is 5. The molecule has 1 heterocycles. The molecule has 1 atom stereocenters. The number of halogens is 2. The first-order valence-corrected chi connectivity index (χ1v) is 7.54. The van der Waals surface area contributed by atoms with Crippen LogP contribution in [0.2, 0.25) is 0 Å². The van der Waals surface area contributed by atoms with E-state index in [4.69, 9.17) is 0 Å². The van der Waals surface area contributed by atoms with Crippen molar-refractivity contribution in [1.29, 1.82) is 0 Å². The predicted molar refractivity (Wildman–Crippen MR) is 95.5 cm³/mol. The summed E-state index contributed by atoms with van der Waals surface area (Å²) in [7, 11) is 0. The van der Waals surface area contributed by atoms with Gasteiger partial charge in [0.2, 0.25) is 0 Å². The van der Waals surface area contributed by atoms with Crippen LogP contribution in [-0.2, 0) is 0 Å². The summed E-state index contributed by atoms with van der Waals surface area (Å²) < 4.78 is 0. The molecule has 1 fully saturated rings. The van der Waals surface area contributed by atoms with Gasteiger partial charge in [0.1, 0.15) is 11.5 Å². The Morgan fingerprint density at radius 3 is 2.05 bits per heavy atom. The highest BCUT2D eigenvalue weighted by Crippen LogP contribution is 2.32. The van der Waals surface area contributed by atoms with Gasteiger partial charge in [0.15, 0.2) is 0 Å². The maximum absolute atomic E-state index is 9.73. The van der Waals surface area contributed by atoms with E-state index in [-0.39, 0.29) is 42.4 Å². The second-order valence-corrected chi connectivity index (χ2v) is 6.06. The number of phenols is 2. The van der Waals surface area contributed by atoms with Crippen LogP contribution >= 0.6 is 24.8 Å². The average molecular weight is 351 g/mol. The fourth-order valence-electron chi connectivity index (χ4n) is 2.86. The SMILES string of the molecule is CC(C)CC[C@H](c1cc(O)cc(O)c1)N1CCNCC1.Cl.Cl. The molecule has 6 heteroatoms. The lowest BCUT2D eigenvalue weighted by Crippen LogP contribution is -2.45. The smallest absolute Gasteiger partial charge is 0.119 e. The minimum atomic E-state index is 0. The van der Waals surface area contributed by atoms with Gasteiger partial charge in [-0.25, -0.2) is 0 Å². The zero-order valence-electron chi connectivity index (χ0n) is 13.3. The van der Waals surface area contributed by atoms with Crippen LogP contribution in [-0.4, -0.2) is 41.3 Å². The van der Waals surface area contributed by atoms with Crippen LogP contribution in [0.3, 0.4) is 0 Å². The number of hydrogen-bond donors (Lipinski definition) is 3. The van der Waals surface area contributed by atoms with Crippen molar-refractivity contribution in [2.45, 2.75) is 32.7 Å². The van der Waals surface area contributed by atoms with E-state index in [0.717, 1.165) is 44.6 Å². The minimum absolute atomic E-state index is 0. The topological polar surface area (TPSA) is 55.7 Å². The van der Waals surface area contributed by atoms with E-state index in [1.807, 2.05) is 0 Å². The molecule has 0 saturated carbocycles. The van der Waals surface area contributed by atoms with Gasteiger partial charge in [-0.15, -0.1) is 24.8 Å². The summed E-state index contributed by atoms with van der Waals surface area (Å²) in [6, 6.07) is 5.23. The number of nitrogens with one attached hydrogen (secondary N) is 1. The second-order valence-electron chi connectivity index (χ2n) is 6.06. The van der Waals surface area contributed by atoms with Gasteiger partial charge < -0.3 is 15.5 Å². The largest absolute Gasteiger partial charge is 0.508 e. The number of aromatic hydroxyl groups is 2. The minimum Gasteiger partial charge on any atom is -0.508 e. The lowest BCUT2D eigenvalue weighted by Gasteiger charge is -2.35. The van der Waals surface area contributed by atoms with Crippen molar-refractivity contribution >= 4 is 24.8 Å². The molecule has 1 aliphatic heterocycles. The third kappa shape index (κ3) is 6.21. The van der Waals surface area contributed by atoms with Crippen LogP contribution in [0.1, 0.15) is 38.3 Å². The van der Waals surface area contributed by atoms with Gasteiger partial charge in [-0.05, 0) is 36.5 Å². The molecular weight excluding hydrogens is 323 g/mol. The quantitative estimate of drug-likeness (QED) is 0.762. The molecule has 1 aliphatic rings. The standard InChI is InChI=1S/C16H26N2O2.2ClH/c1-12(2)3-4-16(18-7-5-17-6-8-18)13-9-14(19)11-15(20)10-13;;/h9-12,16-17,19-20H,3-8H2,1-2H3;2*1H/t16-;;/m1../s1. The predicted octanol–water partition coefficient (Wildman–Crippen LogP) is 3.32. The fourth-order valence-corrected chi connectivity index (χ4v) is 2.86. The molecule has 0 unspecified atom stereocenters. The van der Waals surface area contributed by atoms with Crippen molar-refractivity contribution in [2.75, 3.05) is 26.2 Å². The van der Waals surface area contributed by atoms with Gasteiger partial charge >= 0.3 is 0 Å². The Morgan fingerprint density at radius 2 is 1.55 bits per heavy atom. The maximum atomic E-state index is 9.73. The molecule has 4 nitrogen and oxygen atoms in total. The van der Waals surface area contributed by atoms with Crippen LogP contribution in [0, 0.1) is 5.92 Å². The number of benzene rings is 1. The van der Waals surface area contributed by atoms with Gasteiger partial charge in [-0.3, -0.25) is 4.90 Å². The average Bonchev–Trinajstić information content (AvgIpc) is 2.38. The normalized spacial score (nSPS) is 16.7. The van der Waals surface area contributed by atoms with Crippen LogP contribution < -0.4 is 5.32 Å². The molecule has 1 aromatic rings. The molecule has 22 heavy (non-hydrogen) atoms. The summed E-state index contributed by atoms with van der Waals surface area (Å²) in [6.07, 6.45) is 2.20. The van der Waals surface area contributed by atoms with Crippen LogP contribution in [0.25, 0.3) is 0 Å². The van der Waals surface area contributed by atoms with E-state index in [2.05, 4.69) is 24.1 Å². The lowest BCUT2D eigenvalue weighted by atomic mass is 9.95. The van der Waals surface area contributed by atoms with Crippen molar-refractivity contribution in [1.82, 2.24) is 10.2 Å². The Hall–Kier alpha value is -0.680. The molecule has 0 aliphatic carbocycles. The molecule has 0 radical (unpaired) electrons. The van der Waals surface area contributed by atoms with Gasteiger partial charge in [0.25, 0.3) is 0 Å². The molecule has 1 saturated heterocycles. The van der Waals surface area contributed by atoms with Crippen molar-refractivity contribution in [3.8, 4) is 11.5 Å². The van der Waals surface area contributed by atoms with Gasteiger partial charge in [0.05, 0.1) is 0 Å². The summed E-state index contributed by atoms with van der Waals surface area (Å²) >= 11 is 0. The summed E-state index contributed by atoms with van der Waals surface area (Å²) in [5, 5.41) is 22.8. The van der Waals surface area contributed by atoms with Crippen molar-refractivity contribution in [3.63, 3.8) is 0 Å². The highest BCUT2D eigenvalue weighted by molar-refractivity contribution is 5.85. The molecule has 2 rings (SSSR count). The molecule has 0 amide bonds. The number of phenolic OH excluding ortho intramolecular Hbond substituents is 2. The summed E-state index contributed by atoms with van der Waals surface area (Å²) in [5.41, 5.74) is 1.02. The zero-order chi connectivity index (χ0) is 14.5. The summed E-state index contributed by atoms with van der Waals surface area (Å²) in [6.45, 7) is 8.49. The highest BCUT2D eigenvalue weighted by atomic mass is 35.5. The van der Waals surface area contributed by atoms with Crippen molar-refractivity contribution in [2.24, 2.45) is 5.92 Å². The Balaban J connectivity index is 0.00000220. The molecule has 0 spiro atoms. The van der Waals surface area contributed by atoms with Crippen molar-refractivity contribution < 1.29 is 10.2 Å². The van der Waals surface area contributed by atoms with E-state index in [1.54, 1.807) is 12.1 Å². The maximum Gasteiger partial charge on any atom is 0.119 e. The van der Waals surface area contributed by atoms with Gasteiger partial charge in [-0.2, -0.15) is 0 Å². The van der Waals surface area contributed by atoms with E-state index in [1.165, 1.54) is 6.07 Å². The van der Waals surface area contributed by atoms with E-state index in [9.17, 15) is 10.2 Å². The zero-order valence-corrected chi connectivity index (χ0v) is 14.9. The van der Waals surface area contributed by atoms with Gasteiger partial charge in [-0.1, -0.05) is 13.8 Å². The van der Waals surface area contributed by atoms with Crippen LogP contribution in [0.15, 0.2) is 18.2 Å². The van der Waals surface area contributed by atoms with E-state index in [0.29, 0.717) is 5.92 Å². The Kier molecular flexibility index (Phi) is 9.85. The molecule has 1 aromatic carbocycles. The Morgan fingerprint density at radius 1 is 1.00 bits per heavy atom. The lowest BCUT2D eigenvalue weighted by molar-refractivity contribution is 0.159. The molecule has 128 valence electrons.